The summed E-state index contributed by atoms with van der Waals surface area (Å²) >= 11 is 0. The molecule has 0 unspecified atom stereocenters. The van der Waals surface area contributed by atoms with Gasteiger partial charge in [0.25, 0.3) is 5.90 Å². The van der Waals surface area contributed by atoms with Crippen molar-refractivity contribution in [3.8, 4) is 11.6 Å². The maximum atomic E-state index is 5.93. The monoisotopic (exact) mass is 406 g/mol. The van der Waals surface area contributed by atoms with E-state index in [-0.39, 0.29) is 12.5 Å². The van der Waals surface area contributed by atoms with Crippen LogP contribution in [0.3, 0.4) is 0 Å². The number of aromatic nitrogens is 2. The van der Waals surface area contributed by atoms with E-state index in [1.807, 2.05) is 60.8 Å². The Hall–Kier alpha value is -3.81. The molecule has 4 rings (SSSR count). The number of hydrogen-bond donors (Lipinski definition) is 0. The minimum Gasteiger partial charge on any atom is -0.472 e. The van der Waals surface area contributed by atoms with Crippen molar-refractivity contribution in [2.45, 2.75) is 13.5 Å². The summed E-state index contributed by atoms with van der Waals surface area (Å²) in [4.78, 5) is 10.1. The van der Waals surface area contributed by atoms with E-state index < -0.39 is 0 Å². The van der Waals surface area contributed by atoms with Crippen LogP contribution in [0, 0.1) is 6.92 Å². The summed E-state index contributed by atoms with van der Waals surface area (Å²) in [7, 11) is 1.47. The maximum absolute atomic E-state index is 5.93. The van der Waals surface area contributed by atoms with E-state index in [2.05, 4.69) is 22.3 Å². The predicted molar refractivity (Wildman–Crippen MR) is 112 cm³/mol. The van der Waals surface area contributed by atoms with Gasteiger partial charge in [0.2, 0.25) is 5.88 Å². The van der Waals surface area contributed by atoms with Crippen molar-refractivity contribution in [2.24, 2.45) is 10.3 Å². The van der Waals surface area contributed by atoms with E-state index in [4.69, 9.17) is 19.1 Å². The highest BCUT2D eigenvalue weighted by Crippen LogP contribution is 2.18. The van der Waals surface area contributed by atoms with Crippen molar-refractivity contribution < 1.29 is 19.1 Å². The SMILES string of the molecule is CO/N=C(\C1=NOCCO1)c1ccccc1COc1ccn(-c2ccc(C)cc2)n1. The minimum absolute atomic E-state index is 0.277. The molecule has 1 aromatic heterocycles. The molecule has 0 N–H and O–H groups in total. The molecular weight excluding hydrogens is 384 g/mol. The van der Waals surface area contributed by atoms with Crippen molar-refractivity contribution in [3.05, 3.63) is 77.5 Å². The molecule has 0 spiro atoms. The van der Waals surface area contributed by atoms with Crippen LogP contribution in [0.2, 0.25) is 0 Å². The summed E-state index contributed by atoms with van der Waals surface area (Å²) in [5.74, 6) is 0.796. The summed E-state index contributed by atoms with van der Waals surface area (Å²) in [5.41, 5.74) is 4.28. The highest BCUT2D eigenvalue weighted by atomic mass is 16.7. The van der Waals surface area contributed by atoms with Gasteiger partial charge < -0.3 is 19.1 Å². The van der Waals surface area contributed by atoms with Crippen LogP contribution in [0.4, 0.5) is 0 Å². The average molecular weight is 406 g/mol. The lowest BCUT2D eigenvalue weighted by Crippen LogP contribution is -2.26. The summed E-state index contributed by atoms with van der Waals surface area (Å²) < 4.78 is 13.3. The largest absolute Gasteiger partial charge is 0.472 e. The number of oxime groups is 2. The van der Waals surface area contributed by atoms with Crippen LogP contribution in [0.25, 0.3) is 5.69 Å². The molecule has 154 valence electrons. The predicted octanol–water partition coefficient (Wildman–Crippen LogP) is 3.47. The molecule has 1 aliphatic heterocycles. The van der Waals surface area contributed by atoms with Crippen molar-refractivity contribution in [1.82, 2.24) is 9.78 Å². The summed E-state index contributed by atoms with van der Waals surface area (Å²) in [6.07, 6.45) is 1.87. The minimum atomic E-state index is 0.277. The van der Waals surface area contributed by atoms with Gasteiger partial charge >= 0.3 is 0 Å². The number of ether oxygens (including phenoxy) is 2. The van der Waals surface area contributed by atoms with Gasteiger partial charge in [-0.15, -0.1) is 5.10 Å². The second-order valence-electron chi connectivity index (χ2n) is 6.58. The maximum Gasteiger partial charge on any atom is 0.280 e. The van der Waals surface area contributed by atoms with E-state index in [0.717, 1.165) is 16.8 Å². The van der Waals surface area contributed by atoms with Crippen molar-refractivity contribution in [3.63, 3.8) is 0 Å². The van der Waals surface area contributed by atoms with Gasteiger partial charge in [-0.05, 0) is 29.8 Å². The third-order valence-electron chi connectivity index (χ3n) is 4.46. The molecule has 0 atom stereocenters. The first-order chi connectivity index (χ1) is 14.7. The Morgan fingerprint density at radius 3 is 2.70 bits per heavy atom. The van der Waals surface area contributed by atoms with Crippen LogP contribution >= 0.6 is 0 Å². The van der Waals surface area contributed by atoms with Gasteiger partial charge in [-0.1, -0.05) is 47.1 Å². The number of aryl methyl sites for hydroxylation is 1. The van der Waals surface area contributed by atoms with Crippen LogP contribution in [-0.4, -0.2) is 41.7 Å². The van der Waals surface area contributed by atoms with Gasteiger partial charge in [0.15, 0.2) is 12.3 Å². The number of benzene rings is 2. The van der Waals surface area contributed by atoms with E-state index in [1.54, 1.807) is 4.68 Å². The van der Waals surface area contributed by atoms with Crippen LogP contribution in [0.1, 0.15) is 16.7 Å². The third kappa shape index (κ3) is 4.43. The lowest BCUT2D eigenvalue weighted by Gasteiger charge is -2.16. The van der Waals surface area contributed by atoms with E-state index in [9.17, 15) is 0 Å². The molecule has 0 bridgehead atoms. The van der Waals surface area contributed by atoms with Crippen LogP contribution in [0.15, 0.2) is 71.1 Å². The molecule has 0 saturated heterocycles. The standard InChI is InChI=1S/C22H22N4O4/c1-16-7-9-18(10-8-16)26-12-11-20(23-26)29-15-17-5-3-4-6-19(17)21(24-27-2)22-25-30-14-13-28-22/h3-12H,13-15H2,1-2H3/b24-21-. The van der Waals surface area contributed by atoms with Crippen molar-refractivity contribution >= 4 is 11.6 Å². The molecule has 0 aliphatic carbocycles. The molecule has 0 fully saturated rings. The fourth-order valence-corrected chi connectivity index (χ4v) is 2.97. The molecule has 2 heterocycles. The Bertz CT molecular complexity index is 1060. The first-order valence-electron chi connectivity index (χ1n) is 9.52. The molecular formula is C22H22N4O4. The van der Waals surface area contributed by atoms with E-state index in [1.165, 1.54) is 12.7 Å². The average Bonchev–Trinajstić information content (AvgIpc) is 3.26. The molecule has 0 amide bonds. The molecule has 1 aliphatic rings. The third-order valence-corrected chi connectivity index (χ3v) is 4.46. The Kier molecular flexibility index (Phi) is 5.93. The van der Waals surface area contributed by atoms with Crippen LogP contribution in [-0.2, 0) is 21.0 Å². The topological polar surface area (TPSA) is 79.5 Å². The molecule has 0 saturated carbocycles. The molecule has 0 radical (unpaired) electrons. The fourth-order valence-electron chi connectivity index (χ4n) is 2.97. The van der Waals surface area contributed by atoms with Gasteiger partial charge in [0.1, 0.15) is 20.3 Å². The molecule has 30 heavy (non-hydrogen) atoms. The molecule has 3 aromatic rings. The van der Waals surface area contributed by atoms with Gasteiger partial charge in [-0.3, -0.25) is 0 Å². The van der Waals surface area contributed by atoms with Gasteiger partial charge in [0.05, 0.1) is 5.69 Å². The number of nitrogens with zero attached hydrogens (tertiary/aromatic N) is 4. The smallest absolute Gasteiger partial charge is 0.280 e. The van der Waals surface area contributed by atoms with E-state index >= 15 is 0 Å². The summed E-state index contributed by atoms with van der Waals surface area (Å²) in [6.45, 7) is 3.14. The van der Waals surface area contributed by atoms with Gasteiger partial charge in [0, 0.05) is 17.8 Å². The second-order valence-corrected chi connectivity index (χ2v) is 6.58. The molecule has 8 heteroatoms. The lowest BCUT2D eigenvalue weighted by molar-refractivity contribution is 0.0672. The first kappa shape index (κ1) is 19.5. The number of hydrogen-bond acceptors (Lipinski definition) is 7. The lowest BCUT2D eigenvalue weighted by atomic mass is 10.0. The van der Waals surface area contributed by atoms with Gasteiger partial charge in [-0.25, -0.2) is 4.68 Å². The Labute approximate surface area is 174 Å². The zero-order valence-electron chi connectivity index (χ0n) is 16.8. The van der Waals surface area contributed by atoms with Crippen LogP contribution < -0.4 is 4.74 Å². The van der Waals surface area contributed by atoms with Crippen LogP contribution in [0.5, 0.6) is 5.88 Å². The Balaban J connectivity index is 1.53. The van der Waals surface area contributed by atoms with Gasteiger partial charge in [-0.2, -0.15) is 0 Å². The fraction of sp³-hybridized carbons (Fsp3) is 0.227. The summed E-state index contributed by atoms with van der Waals surface area (Å²) in [6, 6.07) is 17.6. The Morgan fingerprint density at radius 2 is 1.93 bits per heavy atom. The normalized spacial score (nSPS) is 13.8. The van der Waals surface area contributed by atoms with E-state index in [0.29, 0.717) is 24.8 Å². The quantitative estimate of drug-likeness (QED) is 0.443. The highest BCUT2D eigenvalue weighted by molar-refractivity contribution is 6.45. The second kappa shape index (κ2) is 9.13. The molecule has 2 aromatic carbocycles. The van der Waals surface area contributed by atoms with Crippen molar-refractivity contribution in [1.29, 1.82) is 0 Å². The zero-order valence-corrected chi connectivity index (χ0v) is 16.8. The molecule has 8 nitrogen and oxygen atoms in total. The summed E-state index contributed by atoms with van der Waals surface area (Å²) in [5, 5.41) is 12.5. The number of rotatable bonds is 7. The highest BCUT2D eigenvalue weighted by Gasteiger charge is 2.21. The Morgan fingerprint density at radius 1 is 1.10 bits per heavy atom. The van der Waals surface area contributed by atoms with Crippen molar-refractivity contribution in [2.75, 3.05) is 20.3 Å². The zero-order chi connectivity index (χ0) is 20.8. The first-order valence-corrected chi connectivity index (χ1v) is 9.52.